The molecule has 0 N–H and O–H groups in total. The highest BCUT2D eigenvalue weighted by Gasteiger charge is 2.14. The van der Waals surface area contributed by atoms with Crippen LogP contribution in [0.25, 0.3) is 21.0 Å². The predicted molar refractivity (Wildman–Crippen MR) is 117 cm³/mol. The number of hydrogen-bond donors (Lipinski definition) is 0. The molecular formula is C23H20N2O4S. The van der Waals surface area contributed by atoms with E-state index in [1.807, 2.05) is 47.0 Å². The van der Waals surface area contributed by atoms with E-state index in [2.05, 4.69) is 4.99 Å². The Morgan fingerprint density at radius 2 is 1.83 bits per heavy atom. The Labute approximate surface area is 177 Å². The molecule has 0 unspecified atom stereocenters. The number of thiazole rings is 1. The minimum absolute atomic E-state index is 0.308. The quantitative estimate of drug-likeness (QED) is 0.457. The number of carbonyl (C=O) groups excluding carboxylic acids is 2. The van der Waals surface area contributed by atoms with Crippen LogP contribution in [0.1, 0.15) is 20.7 Å². The summed E-state index contributed by atoms with van der Waals surface area (Å²) in [6.07, 6.45) is 0. The first-order chi connectivity index (χ1) is 14.6. The Bertz CT molecular complexity index is 1310. The third kappa shape index (κ3) is 3.77. The van der Waals surface area contributed by atoms with Crippen LogP contribution in [0.15, 0.2) is 65.7 Å². The number of esters is 1. The van der Waals surface area contributed by atoms with Crippen LogP contribution >= 0.6 is 11.3 Å². The second kappa shape index (κ2) is 8.61. The van der Waals surface area contributed by atoms with Crippen LogP contribution in [-0.2, 0) is 16.0 Å². The fraction of sp³-hybridized carbons (Fsp3) is 0.174. The Kier molecular flexibility index (Phi) is 5.74. The first-order valence-electron chi connectivity index (χ1n) is 9.40. The lowest BCUT2D eigenvalue weighted by atomic mass is 10.0. The first kappa shape index (κ1) is 20.0. The number of rotatable bonds is 5. The molecule has 0 bridgehead atoms. The molecule has 0 spiro atoms. The number of aromatic nitrogens is 1. The first-order valence-corrected chi connectivity index (χ1v) is 10.2. The average Bonchev–Trinajstić information content (AvgIpc) is 3.12. The number of carbonyl (C=O) groups is 2. The molecule has 6 nitrogen and oxygen atoms in total. The van der Waals surface area contributed by atoms with Crippen LogP contribution < -0.4 is 4.80 Å². The minimum Gasteiger partial charge on any atom is -0.465 e. The summed E-state index contributed by atoms with van der Waals surface area (Å²) in [7, 11) is 2.98. The van der Waals surface area contributed by atoms with Crippen LogP contribution in [0.2, 0.25) is 0 Å². The number of nitrogens with zero attached hydrogens (tertiary/aromatic N) is 2. The number of benzene rings is 3. The van der Waals surface area contributed by atoms with Crippen molar-refractivity contribution >= 4 is 44.2 Å². The van der Waals surface area contributed by atoms with E-state index in [1.165, 1.54) is 18.4 Å². The summed E-state index contributed by atoms with van der Waals surface area (Å²) in [6, 6.07) is 18.7. The van der Waals surface area contributed by atoms with Crippen LogP contribution in [-0.4, -0.2) is 37.3 Å². The van der Waals surface area contributed by atoms with Gasteiger partial charge in [-0.05, 0) is 35.0 Å². The molecule has 0 aliphatic carbocycles. The average molecular weight is 420 g/mol. The van der Waals surface area contributed by atoms with Crippen LogP contribution in [0.4, 0.5) is 0 Å². The summed E-state index contributed by atoms with van der Waals surface area (Å²) in [5, 5.41) is 1.86. The maximum atomic E-state index is 13.1. The van der Waals surface area contributed by atoms with Gasteiger partial charge in [-0.3, -0.25) is 4.79 Å². The third-order valence-corrected chi connectivity index (χ3v) is 5.88. The van der Waals surface area contributed by atoms with Crippen molar-refractivity contribution in [2.45, 2.75) is 6.54 Å². The van der Waals surface area contributed by atoms with E-state index in [4.69, 9.17) is 9.47 Å². The summed E-state index contributed by atoms with van der Waals surface area (Å²) in [4.78, 5) is 30.0. The molecule has 0 fully saturated rings. The topological polar surface area (TPSA) is 69.9 Å². The zero-order valence-corrected chi connectivity index (χ0v) is 17.4. The summed E-state index contributed by atoms with van der Waals surface area (Å²) in [5.41, 5.74) is 1.89. The van der Waals surface area contributed by atoms with E-state index in [1.54, 1.807) is 25.3 Å². The van der Waals surface area contributed by atoms with Gasteiger partial charge in [0.1, 0.15) is 0 Å². The molecule has 4 rings (SSSR count). The summed E-state index contributed by atoms with van der Waals surface area (Å²) in [6.45, 7) is 1.01. The minimum atomic E-state index is -0.404. The SMILES string of the molecule is COCCn1c(=NC(=O)c2cccc3ccccc23)sc2cc(C(=O)OC)ccc21. The normalized spacial score (nSPS) is 11.9. The van der Waals surface area contributed by atoms with Gasteiger partial charge in [0.25, 0.3) is 5.91 Å². The molecule has 0 aliphatic heterocycles. The molecule has 0 atom stereocenters. The van der Waals surface area contributed by atoms with Gasteiger partial charge in [0.15, 0.2) is 4.80 Å². The molecule has 0 saturated carbocycles. The van der Waals surface area contributed by atoms with Crippen molar-refractivity contribution in [1.29, 1.82) is 0 Å². The third-order valence-electron chi connectivity index (χ3n) is 4.84. The zero-order chi connectivity index (χ0) is 21.1. The molecule has 7 heteroatoms. The molecule has 1 aromatic heterocycles. The van der Waals surface area contributed by atoms with Crippen molar-refractivity contribution < 1.29 is 19.1 Å². The molecule has 152 valence electrons. The molecule has 1 amide bonds. The lowest BCUT2D eigenvalue weighted by molar-refractivity contribution is 0.0600. The van der Waals surface area contributed by atoms with E-state index < -0.39 is 5.97 Å². The Balaban J connectivity index is 1.86. The van der Waals surface area contributed by atoms with Gasteiger partial charge in [-0.2, -0.15) is 4.99 Å². The highest BCUT2D eigenvalue weighted by Crippen LogP contribution is 2.22. The smallest absolute Gasteiger partial charge is 0.337 e. The van der Waals surface area contributed by atoms with Crippen molar-refractivity contribution in [2.75, 3.05) is 20.8 Å². The highest BCUT2D eigenvalue weighted by atomic mass is 32.1. The van der Waals surface area contributed by atoms with Crippen molar-refractivity contribution in [3.63, 3.8) is 0 Å². The predicted octanol–water partition coefficient (Wildman–Crippen LogP) is 4.03. The van der Waals surface area contributed by atoms with Crippen LogP contribution in [0.5, 0.6) is 0 Å². The van der Waals surface area contributed by atoms with Gasteiger partial charge in [-0.25, -0.2) is 4.79 Å². The highest BCUT2D eigenvalue weighted by molar-refractivity contribution is 7.16. The molecule has 4 aromatic rings. The van der Waals surface area contributed by atoms with E-state index in [-0.39, 0.29) is 5.91 Å². The summed E-state index contributed by atoms with van der Waals surface area (Å²) >= 11 is 1.36. The van der Waals surface area contributed by atoms with E-state index >= 15 is 0 Å². The number of fused-ring (bicyclic) bond motifs is 2. The van der Waals surface area contributed by atoms with E-state index in [9.17, 15) is 9.59 Å². The Morgan fingerprint density at radius 3 is 2.63 bits per heavy atom. The largest absolute Gasteiger partial charge is 0.465 e. The maximum absolute atomic E-state index is 13.1. The fourth-order valence-corrected chi connectivity index (χ4v) is 4.45. The van der Waals surface area contributed by atoms with Gasteiger partial charge in [0.05, 0.1) is 29.5 Å². The maximum Gasteiger partial charge on any atom is 0.337 e. The number of ether oxygens (including phenoxy) is 2. The van der Waals surface area contributed by atoms with Gasteiger partial charge >= 0.3 is 5.97 Å². The van der Waals surface area contributed by atoms with Gasteiger partial charge < -0.3 is 14.0 Å². The summed E-state index contributed by atoms with van der Waals surface area (Å²) < 4.78 is 12.8. The van der Waals surface area contributed by atoms with Crippen LogP contribution in [0, 0.1) is 0 Å². The standard InChI is InChI=1S/C23H20N2O4S/c1-28-13-12-25-19-11-10-16(22(27)29-2)14-20(19)30-23(25)24-21(26)18-9-5-7-15-6-3-4-8-17(15)18/h3-11,14H,12-13H2,1-2H3. The lowest BCUT2D eigenvalue weighted by Gasteiger charge is -2.05. The number of methoxy groups -OCH3 is 2. The second-order valence-electron chi connectivity index (χ2n) is 6.65. The Hall–Kier alpha value is -3.29. The van der Waals surface area contributed by atoms with Crippen LogP contribution in [0.3, 0.4) is 0 Å². The molecule has 0 saturated heterocycles. The van der Waals surface area contributed by atoms with Gasteiger partial charge in [0, 0.05) is 19.2 Å². The second-order valence-corrected chi connectivity index (χ2v) is 7.66. The van der Waals surface area contributed by atoms with Crippen molar-refractivity contribution in [2.24, 2.45) is 4.99 Å². The van der Waals surface area contributed by atoms with Crippen molar-refractivity contribution in [3.8, 4) is 0 Å². The molecule has 30 heavy (non-hydrogen) atoms. The fourth-order valence-electron chi connectivity index (χ4n) is 3.36. The number of hydrogen-bond acceptors (Lipinski definition) is 5. The van der Waals surface area contributed by atoms with E-state index in [0.717, 1.165) is 21.0 Å². The zero-order valence-electron chi connectivity index (χ0n) is 16.6. The summed E-state index contributed by atoms with van der Waals surface area (Å²) in [5.74, 6) is -0.711. The van der Waals surface area contributed by atoms with Gasteiger partial charge in [-0.1, -0.05) is 47.7 Å². The molecule has 1 heterocycles. The van der Waals surface area contributed by atoms with Crippen molar-refractivity contribution in [1.82, 2.24) is 4.57 Å². The van der Waals surface area contributed by atoms with Gasteiger partial charge in [-0.15, -0.1) is 0 Å². The Morgan fingerprint density at radius 1 is 1.03 bits per heavy atom. The monoisotopic (exact) mass is 420 g/mol. The molecule has 3 aromatic carbocycles. The molecule has 0 aliphatic rings. The number of amides is 1. The molecular weight excluding hydrogens is 400 g/mol. The molecule has 0 radical (unpaired) electrons. The lowest BCUT2D eigenvalue weighted by Crippen LogP contribution is -2.19. The van der Waals surface area contributed by atoms with Crippen molar-refractivity contribution in [3.05, 3.63) is 76.6 Å². The van der Waals surface area contributed by atoms with E-state index in [0.29, 0.717) is 29.1 Å². The van der Waals surface area contributed by atoms with Gasteiger partial charge in [0.2, 0.25) is 0 Å².